The fourth-order valence-electron chi connectivity index (χ4n) is 2.65. The predicted octanol–water partition coefficient (Wildman–Crippen LogP) is 2.30. The minimum atomic E-state index is -4.36. The van der Waals surface area contributed by atoms with Gasteiger partial charge in [-0.05, 0) is 44.7 Å². The fraction of sp³-hybridized carbons (Fsp3) is 0.600. The van der Waals surface area contributed by atoms with Gasteiger partial charge in [0.05, 0.1) is 6.10 Å². The Morgan fingerprint density at radius 2 is 2.13 bits per heavy atom. The van der Waals surface area contributed by atoms with Crippen molar-refractivity contribution >= 4 is 5.91 Å². The maximum atomic E-state index is 12.2. The van der Waals surface area contributed by atoms with Crippen molar-refractivity contribution in [2.24, 2.45) is 0 Å². The predicted molar refractivity (Wildman–Crippen MR) is 77.3 cm³/mol. The van der Waals surface area contributed by atoms with Crippen LogP contribution >= 0.6 is 0 Å². The van der Waals surface area contributed by atoms with Crippen molar-refractivity contribution in [3.63, 3.8) is 0 Å². The van der Waals surface area contributed by atoms with Crippen molar-refractivity contribution in [3.8, 4) is 0 Å². The second kappa shape index (κ2) is 7.16. The molecule has 1 fully saturated rings. The molecule has 2 rings (SSSR count). The molecule has 0 aromatic carbocycles. The summed E-state index contributed by atoms with van der Waals surface area (Å²) in [6.45, 7) is 0.419. The average molecular weight is 332 g/mol. The number of carbonyl (C=O) groups excluding carboxylic acids is 1. The number of hydrogen-bond donors (Lipinski definition) is 2. The molecular formula is C15H19F3N2O3. The third kappa shape index (κ3) is 5.38. The molecule has 8 heteroatoms. The molecule has 0 bridgehead atoms. The fourth-order valence-corrected chi connectivity index (χ4v) is 2.65. The second-order valence-electron chi connectivity index (χ2n) is 5.77. The number of ether oxygens (including phenoxy) is 1. The van der Waals surface area contributed by atoms with Gasteiger partial charge in [-0.2, -0.15) is 13.2 Å². The van der Waals surface area contributed by atoms with Gasteiger partial charge in [-0.3, -0.25) is 9.59 Å². The van der Waals surface area contributed by atoms with Gasteiger partial charge in [0.25, 0.3) is 11.5 Å². The average Bonchev–Trinajstić information content (AvgIpc) is 2.44. The van der Waals surface area contributed by atoms with Gasteiger partial charge in [0, 0.05) is 11.7 Å². The second-order valence-corrected chi connectivity index (χ2v) is 5.77. The lowest BCUT2D eigenvalue weighted by Gasteiger charge is -2.30. The lowest BCUT2D eigenvalue weighted by Crippen LogP contribution is -2.42. The molecule has 1 heterocycles. The normalized spacial score (nSPS) is 21.9. The number of aryl methyl sites for hydroxylation is 1. The van der Waals surface area contributed by atoms with E-state index in [0.29, 0.717) is 31.4 Å². The van der Waals surface area contributed by atoms with Crippen LogP contribution in [0.15, 0.2) is 16.9 Å². The quantitative estimate of drug-likeness (QED) is 0.889. The first kappa shape index (κ1) is 17.5. The molecule has 1 aromatic rings. The van der Waals surface area contributed by atoms with Crippen LogP contribution in [0.5, 0.6) is 0 Å². The van der Waals surface area contributed by atoms with Gasteiger partial charge in [0.15, 0.2) is 0 Å². The van der Waals surface area contributed by atoms with Crippen molar-refractivity contribution in [1.29, 1.82) is 0 Å². The Morgan fingerprint density at radius 3 is 2.78 bits per heavy atom. The first-order chi connectivity index (χ1) is 10.7. The van der Waals surface area contributed by atoms with Crippen molar-refractivity contribution in [2.75, 3.05) is 6.61 Å². The maximum Gasteiger partial charge on any atom is 0.411 e. The molecule has 1 aliphatic carbocycles. The zero-order valence-electron chi connectivity index (χ0n) is 12.7. The van der Waals surface area contributed by atoms with Crippen LogP contribution in [0.1, 0.15) is 41.7 Å². The molecule has 0 radical (unpaired) electrons. The molecule has 1 aromatic heterocycles. The summed E-state index contributed by atoms with van der Waals surface area (Å²) in [5.74, 6) is -0.521. The monoisotopic (exact) mass is 332 g/mol. The Kier molecular flexibility index (Phi) is 5.46. The van der Waals surface area contributed by atoms with Gasteiger partial charge in [0.2, 0.25) is 0 Å². The van der Waals surface area contributed by atoms with Crippen molar-refractivity contribution in [2.45, 2.75) is 50.9 Å². The van der Waals surface area contributed by atoms with Crippen molar-refractivity contribution < 1.29 is 22.7 Å². The van der Waals surface area contributed by atoms with E-state index in [9.17, 15) is 22.8 Å². The van der Waals surface area contributed by atoms with Gasteiger partial charge in [-0.25, -0.2) is 0 Å². The van der Waals surface area contributed by atoms with Crippen LogP contribution in [0.25, 0.3) is 0 Å². The van der Waals surface area contributed by atoms with Crippen LogP contribution < -0.4 is 10.9 Å². The standard InChI is InChI=1S/C15H19F3N2O3/c1-9-5-6-12(13(21)19-9)14(22)20-10-3-2-4-11(7-10)23-8-15(16,17)18/h5-6,10-11H,2-4,7-8H2,1H3,(H,19,21)(H,20,22)/t10-,11-/m1/s1. The summed E-state index contributed by atoms with van der Waals surface area (Å²) in [4.78, 5) is 26.4. The van der Waals surface area contributed by atoms with Crippen LogP contribution in [0.2, 0.25) is 0 Å². The van der Waals surface area contributed by atoms with E-state index in [1.807, 2.05) is 0 Å². The molecule has 1 aliphatic rings. The summed E-state index contributed by atoms with van der Waals surface area (Å²) >= 11 is 0. The highest BCUT2D eigenvalue weighted by Gasteiger charge is 2.31. The number of aromatic amines is 1. The zero-order chi connectivity index (χ0) is 17.0. The SMILES string of the molecule is Cc1ccc(C(=O)N[C@@H]2CCC[C@@H](OCC(F)(F)F)C2)c(=O)[nH]1. The van der Waals surface area contributed by atoms with Crippen LogP contribution in [0.3, 0.4) is 0 Å². The smallest absolute Gasteiger partial charge is 0.369 e. The summed E-state index contributed by atoms with van der Waals surface area (Å²) in [5, 5.41) is 2.70. The van der Waals surface area contributed by atoms with E-state index >= 15 is 0 Å². The first-order valence-corrected chi connectivity index (χ1v) is 7.44. The van der Waals surface area contributed by atoms with E-state index in [4.69, 9.17) is 4.74 Å². The molecule has 128 valence electrons. The largest absolute Gasteiger partial charge is 0.411 e. The highest BCUT2D eigenvalue weighted by molar-refractivity contribution is 5.93. The van der Waals surface area contributed by atoms with Gasteiger partial charge in [-0.1, -0.05) is 0 Å². The Hall–Kier alpha value is -1.83. The Balaban J connectivity index is 1.92. The van der Waals surface area contributed by atoms with E-state index in [0.717, 1.165) is 0 Å². The van der Waals surface area contributed by atoms with Gasteiger partial charge < -0.3 is 15.0 Å². The number of H-pyrrole nitrogens is 1. The maximum absolute atomic E-state index is 12.2. The van der Waals surface area contributed by atoms with Gasteiger partial charge in [-0.15, -0.1) is 0 Å². The Labute approximate surface area is 131 Å². The van der Waals surface area contributed by atoms with Crippen molar-refractivity contribution in [1.82, 2.24) is 10.3 Å². The van der Waals surface area contributed by atoms with Gasteiger partial charge >= 0.3 is 6.18 Å². The molecule has 0 aliphatic heterocycles. The summed E-state index contributed by atoms with van der Waals surface area (Å²) < 4.78 is 41.4. The minimum absolute atomic E-state index is 0.00562. The highest BCUT2D eigenvalue weighted by atomic mass is 19.4. The number of hydrogen-bond acceptors (Lipinski definition) is 3. The van der Waals surface area contributed by atoms with Crippen LogP contribution in [-0.4, -0.2) is 35.8 Å². The van der Waals surface area contributed by atoms with Crippen LogP contribution in [0.4, 0.5) is 13.2 Å². The number of amides is 1. The zero-order valence-corrected chi connectivity index (χ0v) is 12.7. The number of nitrogens with one attached hydrogen (secondary N) is 2. The summed E-state index contributed by atoms with van der Waals surface area (Å²) in [5.41, 5.74) is 0.155. The van der Waals surface area contributed by atoms with E-state index in [1.54, 1.807) is 13.0 Å². The van der Waals surface area contributed by atoms with Crippen molar-refractivity contribution in [3.05, 3.63) is 33.7 Å². The van der Waals surface area contributed by atoms with E-state index < -0.39 is 30.4 Å². The molecule has 0 saturated heterocycles. The summed E-state index contributed by atoms with van der Waals surface area (Å²) in [6, 6.07) is 2.76. The van der Waals surface area contributed by atoms with E-state index in [-0.39, 0.29) is 11.6 Å². The summed E-state index contributed by atoms with van der Waals surface area (Å²) in [6.07, 6.45) is -2.73. The number of carbonyl (C=O) groups is 1. The molecule has 0 spiro atoms. The molecule has 23 heavy (non-hydrogen) atoms. The Morgan fingerprint density at radius 1 is 1.39 bits per heavy atom. The number of aromatic nitrogens is 1. The van der Waals surface area contributed by atoms with E-state index in [2.05, 4.69) is 10.3 Å². The minimum Gasteiger partial charge on any atom is -0.369 e. The molecule has 5 nitrogen and oxygen atoms in total. The third-order valence-electron chi connectivity index (χ3n) is 3.74. The van der Waals surface area contributed by atoms with Crippen LogP contribution in [0, 0.1) is 6.92 Å². The number of halogens is 3. The summed E-state index contributed by atoms with van der Waals surface area (Å²) in [7, 11) is 0. The van der Waals surface area contributed by atoms with Gasteiger partial charge in [0.1, 0.15) is 12.2 Å². The molecule has 2 atom stereocenters. The molecule has 0 unspecified atom stereocenters. The first-order valence-electron chi connectivity index (χ1n) is 7.44. The molecule has 1 amide bonds. The van der Waals surface area contributed by atoms with Crippen LogP contribution in [-0.2, 0) is 4.74 Å². The number of pyridine rings is 1. The topological polar surface area (TPSA) is 71.2 Å². The molecule has 2 N–H and O–H groups in total. The van der Waals surface area contributed by atoms with E-state index in [1.165, 1.54) is 6.07 Å². The number of alkyl halides is 3. The highest BCUT2D eigenvalue weighted by Crippen LogP contribution is 2.24. The lowest BCUT2D eigenvalue weighted by molar-refractivity contribution is -0.188. The molecule has 1 saturated carbocycles. The third-order valence-corrected chi connectivity index (χ3v) is 3.74. The Bertz CT molecular complexity index is 613. The number of rotatable bonds is 4. The lowest BCUT2D eigenvalue weighted by atomic mass is 9.92. The molecular weight excluding hydrogens is 313 g/mol.